The van der Waals surface area contributed by atoms with E-state index >= 15 is 0 Å². The van der Waals surface area contributed by atoms with Gasteiger partial charge in [-0.3, -0.25) is 4.79 Å². The third-order valence-corrected chi connectivity index (χ3v) is 3.03. The van der Waals surface area contributed by atoms with Gasteiger partial charge in [-0.15, -0.1) is 0 Å². The Kier molecular flexibility index (Phi) is 4.74. The lowest BCUT2D eigenvalue weighted by Crippen LogP contribution is -2.40. The Morgan fingerprint density at radius 3 is 3.16 bits per heavy atom. The summed E-state index contributed by atoms with van der Waals surface area (Å²) in [6.07, 6.45) is 3.74. The van der Waals surface area contributed by atoms with Crippen LogP contribution in [0.4, 0.5) is 0 Å². The molecule has 5 nitrogen and oxygen atoms in total. The predicted molar refractivity (Wildman–Crippen MR) is 72.9 cm³/mol. The van der Waals surface area contributed by atoms with E-state index in [9.17, 15) is 4.79 Å². The Bertz CT molecular complexity index is 428. The number of hydrogen-bond acceptors (Lipinski definition) is 4. The van der Waals surface area contributed by atoms with Crippen molar-refractivity contribution in [2.75, 3.05) is 6.54 Å². The van der Waals surface area contributed by atoms with Crippen LogP contribution in [0.1, 0.15) is 32.3 Å². The average Bonchev–Trinajstić information content (AvgIpc) is 2.90. The summed E-state index contributed by atoms with van der Waals surface area (Å²) in [5, 5.41) is 6.11. The maximum absolute atomic E-state index is 11.9. The molecule has 0 bridgehead atoms. The molecule has 1 amide bonds. The van der Waals surface area contributed by atoms with Crippen molar-refractivity contribution >= 4 is 5.91 Å². The summed E-state index contributed by atoms with van der Waals surface area (Å²) < 4.78 is 5.63. The van der Waals surface area contributed by atoms with Gasteiger partial charge in [0.1, 0.15) is 0 Å². The van der Waals surface area contributed by atoms with Crippen molar-refractivity contribution in [3.63, 3.8) is 0 Å². The molecule has 5 heteroatoms. The van der Waals surface area contributed by atoms with Crippen molar-refractivity contribution in [2.45, 2.75) is 45.4 Å². The van der Waals surface area contributed by atoms with Gasteiger partial charge in [-0.2, -0.15) is 0 Å². The molecule has 1 aliphatic heterocycles. The first kappa shape index (κ1) is 13.8. The summed E-state index contributed by atoms with van der Waals surface area (Å²) in [5.41, 5.74) is 0.905. The van der Waals surface area contributed by atoms with Gasteiger partial charge in [0.15, 0.2) is 0 Å². The largest absolute Gasteiger partial charge is 0.475 e. The predicted octanol–water partition coefficient (Wildman–Crippen LogP) is 1.24. The van der Waals surface area contributed by atoms with Gasteiger partial charge in [-0.25, -0.2) is 4.98 Å². The molecule has 1 saturated heterocycles. The number of ether oxygens (including phenoxy) is 1. The Hall–Kier alpha value is -1.62. The molecule has 0 spiro atoms. The minimum Gasteiger partial charge on any atom is -0.475 e. The van der Waals surface area contributed by atoms with Gasteiger partial charge in [-0.05, 0) is 39.3 Å². The van der Waals surface area contributed by atoms with E-state index in [1.165, 1.54) is 0 Å². The van der Waals surface area contributed by atoms with Gasteiger partial charge in [-0.1, -0.05) is 6.07 Å². The molecule has 104 valence electrons. The molecule has 1 aromatic heterocycles. The zero-order chi connectivity index (χ0) is 13.7. The average molecular weight is 263 g/mol. The quantitative estimate of drug-likeness (QED) is 0.839. The second-order valence-corrected chi connectivity index (χ2v) is 5.00. The molecule has 19 heavy (non-hydrogen) atoms. The zero-order valence-electron chi connectivity index (χ0n) is 11.5. The highest BCUT2D eigenvalue weighted by Gasteiger charge is 2.21. The zero-order valence-corrected chi connectivity index (χ0v) is 11.5. The first-order chi connectivity index (χ1) is 9.16. The molecular formula is C14H21N3O2. The number of carbonyl (C=O) groups is 1. The second-order valence-electron chi connectivity index (χ2n) is 5.00. The van der Waals surface area contributed by atoms with Crippen LogP contribution >= 0.6 is 0 Å². The van der Waals surface area contributed by atoms with Crippen molar-refractivity contribution in [1.82, 2.24) is 15.6 Å². The van der Waals surface area contributed by atoms with E-state index < -0.39 is 0 Å². The number of carbonyl (C=O) groups excluding carboxylic acids is 1. The Labute approximate surface area is 113 Å². The van der Waals surface area contributed by atoms with Crippen molar-refractivity contribution in [3.05, 3.63) is 23.9 Å². The summed E-state index contributed by atoms with van der Waals surface area (Å²) in [7, 11) is 0. The lowest BCUT2D eigenvalue weighted by atomic mass is 10.2. The van der Waals surface area contributed by atoms with E-state index in [1.54, 1.807) is 6.20 Å². The Balaban J connectivity index is 1.93. The third-order valence-electron chi connectivity index (χ3n) is 3.03. The third kappa shape index (κ3) is 3.92. The lowest BCUT2D eigenvalue weighted by Gasteiger charge is -2.14. The molecule has 1 fully saturated rings. The maximum Gasteiger partial charge on any atom is 0.237 e. The first-order valence-electron chi connectivity index (χ1n) is 6.78. The summed E-state index contributed by atoms with van der Waals surface area (Å²) in [5.74, 6) is 0.647. The van der Waals surface area contributed by atoms with E-state index in [1.807, 2.05) is 26.0 Å². The molecule has 0 saturated carbocycles. The Morgan fingerprint density at radius 1 is 1.63 bits per heavy atom. The monoisotopic (exact) mass is 263 g/mol. The van der Waals surface area contributed by atoms with Crippen LogP contribution in [0.25, 0.3) is 0 Å². The van der Waals surface area contributed by atoms with Crippen LogP contribution in [0, 0.1) is 0 Å². The van der Waals surface area contributed by atoms with Gasteiger partial charge >= 0.3 is 0 Å². The molecule has 2 heterocycles. The van der Waals surface area contributed by atoms with E-state index in [-0.39, 0.29) is 18.1 Å². The minimum absolute atomic E-state index is 0.0499. The summed E-state index contributed by atoms with van der Waals surface area (Å²) in [6, 6.07) is 3.72. The van der Waals surface area contributed by atoms with Crippen LogP contribution in [0.3, 0.4) is 0 Å². The summed E-state index contributed by atoms with van der Waals surface area (Å²) >= 11 is 0. The number of pyridine rings is 1. The molecule has 0 aromatic carbocycles. The summed E-state index contributed by atoms with van der Waals surface area (Å²) in [6.45, 7) is 5.29. The molecule has 1 unspecified atom stereocenters. The molecule has 2 rings (SSSR count). The number of nitrogens with one attached hydrogen (secondary N) is 2. The molecule has 0 radical (unpaired) electrons. The fourth-order valence-corrected chi connectivity index (χ4v) is 2.10. The van der Waals surface area contributed by atoms with E-state index in [0.717, 1.165) is 24.9 Å². The van der Waals surface area contributed by atoms with Crippen LogP contribution in [-0.4, -0.2) is 29.6 Å². The summed E-state index contributed by atoms with van der Waals surface area (Å²) in [4.78, 5) is 16.1. The van der Waals surface area contributed by atoms with E-state index in [0.29, 0.717) is 12.4 Å². The van der Waals surface area contributed by atoms with Crippen molar-refractivity contribution in [3.8, 4) is 5.88 Å². The highest BCUT2D eigenvalue weighted by molar-refractivity contribution is 5.82. The van der Waals surface area contributed by atoms with Crippen molar-refractivity contribution in [1.29, 1.82) is 0 Å². The number of amides is 1. The molecule has 2 N–H and O–H groups in total. The van der Waals surface area contributed by atoms with Crippen molar-refractivity contribution < 1.29 is 9.53 Å². The molecule has 1 aromatic rings. The van der Waals surface area contributed by atoms with Gasteiger partial charge < -0.3 is 15.4 Å². The molecule has 1 aliphatic rings. The SMILES string of the molecule is CC(C)Oc1ncccc1CNC(=O)C1CCCN1. The van der Waals surface area contributed by atoms with Crippen LogP contribution < -0.4 is 15.4 Å². The normalized spacial score (nSPS) is 18.6. The molecular weight excluding hydrogens is 242 g/mol. The Morgan fingerprint density at radius 2 is 2.47 bits per heavy atom. The first-order valence-corrected chi connectivity index (χ1v) is 6.78. The maximum atomic E-state index is 11.9. The topological polar surface area (TPSA) is 63.2 Å². The number of nitrogens with zero attached hydrogens (tertiary/aromatic N) is 1. The van der Waals surface area contributed by atoms with Crippen LogP contribution in [-0.2, 0) is 11.3 Å². The number of hydrogen-bond donors (Lipinski definition) is 2. The standard InChI is InChI=1S/C14H21N3O2/c1-10(2)19-14-11(5-3-8-16-14)9-17-13(18)12-6-4-7-15-12/h3,5,8,10,12,15H,4,6-7,9H2,1-2H3,(H,17,18). The fraction of sp³-hybridized carbons (Fsp3) is 0.571. The minimum atomic E-state index is -0.0499. The van der Waals surface area contributed by atoms with Crippen LogP contribution in [0.2, 0.25) is 0 Å². The highest BCUT2D eigenvalue weighted by atomic mass is 16.5. The van der Waals surface area contributed by atoms with E-state index in [4.69, 9.17) is 4.74 Å². The highest BCUT2D eigenvalue weighted by Crippen LogP contribution is 2.15. The van der Waals surface area contributed by atoms with Crippen LogP contribution in [0.15, 0.2) is 18.3 Å². The van der Waals surface area contributed by atoms with Gasteiger partial charge in [0.05, 0.1) is 12.1 Å². The number of rotatable bonds is 5. The van der Waals surface area contributed by atoms with Crippen molar-refractivity contribution in [2.24, 2.45) is 0 Å². The number of aromatic nitrogens is 1. The van der Waals surface area contributed by atoms with E-state index in [2.05, 4.69) is 15.6 Å². The molecule has 1 atom stereocenters. The van der Waals surface area contributed by atoms with Gasteiger partial charge in [0, 0.05) is 18.3 Å². The van der Waals surface area contributed by atoms with Crippen LogP contribution in [0.5, 0.6) is 5.88 Å². The fourth-order valence-electron chi connectivity index (χ4n) is 2.10. The second kappa shape index (κ2) is 6.52. The van der Waals surface area contributed by atoms with Gasteiger partial charge in [0.2, 0.25) is 11.8 Å². The smallest absolute Gasteiger partial charge is 0.237 e. The lowest BCUT2D eigenvalue weighted by molar-refractivity contribution is -0.122. The van der Waals surface area contributed by atoms with Gasteiger partial charge in [0.25, 0.3) is 0 Å². The molecule has 0 aliphatic carbocycles.